The van der Waals surface area contributed by atoms with Crippen molar-refractivity contribution in [1.29, 1.82) is 0 Å². The molecule has 23 heavy (non-hydrogen) atoms. The SMILES string of the molecule is CNC(=O)NC(=O)CN1CCN(S(=O)(=O)c2ccc(C)s2)CC1. The van der Waals surface area contributed by atoms with E-state index in [1.54, 1.807) is 12.1 Å². The van der Waals surface area contributed by atoms with Gasteiger partial charge >= 0.3 is 6.03 Å². The number of amides is 3. The van der Waals surface area contributed by atoms with Crippen molar-refractivity contribution in [3.05, 3.63) is 17.0 Å². The molecule has 1 aliphatic rings. The van der Waals surface area contributed by atoms with Gasteiger partial charge in [0.05, 0.1) is 6.54 Å². The lowest BCUT2D eigenvalue weighted by molar-refractivity contribution is -0.121. The second-order valence-corrected chi connectivity index (χ2v) is 8.63. The standard InChI is InChI=1S/C13H20N4O4S2/c1-10-3-4-12(22-10)23(20,21)17-7-5-16(6-8-17)9-11(18)15-13(19)14-2/h3-4H,5-9H2,1-2H3,(H2,14,15,18,19). The summed E-state index contributed by atoms with van der Waals surface area (Å²) in [4.78, 5) is 25.5. The van der Waals surface area contributed by atoms with Crippen LogP contribution in [0.5, 0.6) is 0 Å². The van der Waals surface area contributed by atoms with Crippen LogP contribution in [0.25, 0.3) is 0 Å². The molecule has 8 nitrogen and oxygen atoms in total. The van der Waals surface area contributed by atoms with E-state index < -0.39 is 22.0 Å². The van der Waals surface area contributed by atoms with E-state index in [-0.39, 0.29) is 6.54 Å². The number of hydrogen-bond donors (Lipinski definition) is 2. The lowest BCUT2D eigenvalue weighted by atomic mass is 10.3. The molecular formula is C13H20N4O4S2. The van der Waals surface area contributed by atoms with Crippen LogP contribution < -0.4 is 10.6 Å². The highest BCUT2D eigenvalue weighted by atomic mass is 32.2. The van der Waals surface area contributed by atoms with Gasteiger partial charge in [0, 0.05) is 38.1 Å². The summed E-state index contributed by atoms with van der Waals surface area (Å²) in [5, 5.41) is 4.49. The number of aryl methyl sites for hydroxylation is 1. The number of carbonyl (C=O) groups is 2. The van der Waals surface area contributed by atoms with Crippen LogP contribution in [-0.4, -0.2) is 69.3 Å². The van der Waals surface area contributed by atoms with Crippen LogP contribution in [0.3, 0.4) is 0 Å². The van der Waals surface area contributed by atoms with Gasteiger partial charge in [-0.05, 0) is 19.1 Å². The maximum Gasteiger partial charge on any atom is 0.321 e. The van der Waals surface area contributed by atoms with Gasteiger partial charge in [-0.3, -0.25) is 15.0 Å². The van der Waals surface area contributed by atoms with Crippen molar-refractivity contribution in [1.82, 2.24) is 19.8 Å². The highest BCUT2D eigenvalue weighted by molar-refractivity contribution is 7.91. The molecule has 2 N–H and O–H groups in total. The fourth-order valence-electron chi connectivity index (χ4n) is 2.24. The molecule has 1 aromatic rings. The molecule has 0 aromatic carbocycles. The summed E-state index contributed by atoms with van der Waals surface area (Å²) in [7, 11) is -2.03. The number of imide groups is 1. The average molecular weight is 360 g/mol. The monoisotopic (exact) mass is 360 g/mol. The van der Waals surface area contributed by atoms with Gasteiger partial charge in [-0.2, -0.15) is 4.31 Å². The number of thiophene rings is 1. The molecular weight excluding hydrogens is 340 g/mol. The molecule has 0 aliphatic carbocycles. The van der Waals surface area contributed by atoms with Gasteiger partial charge in [0.25, 0.3) is 10.0 Å². The molecule has 0 spiro atoms. The number of rotatable bonds is 4. The molecule has 1 aliphatic heterocycles. The third kappa shape index (κ3) is 4.50. The third-order valence-corrected chi connectivity index (χ3v) is 6.86. The van der Waals surface area contributed by atoms with E-state index in [1.165, 1.54) is 22.7 Å². The highest BCUT2D eigenvalue weighted by Gasteiger charge is 2.30. The predicted octanol–water partition coefficient (Wildman–Crippen LogP) is -0.182. The summed E-state index contributed by atoms with van der Waals surface area (Å²) in [6, 6.07) is 2.86. The molecule has 1 fully saturated rings. The fraction of sp³-hybridized carbons (Fsp3) is 0.538. The van der Waals surface area contributed by atoms with Gasteiger partial charge in [-0.15, -0.1) is 11.3 Å². The van der Waals surface area contributed by atoms with Crippen molar-refractivity contribution in [2.45, 2.75) is 11.1 Å². The number of nitrogens with one attached hydrogen (secondary N) is 2. The Balaban J connectivity index is 1.89. The van der Waals surface area contributed by atoms with Crippen molar-refractivity contribution in [3.8, 4) is 0 Å². The Hall–Kier alpha value is -1.49. The zero-order chi connectivity index (χ0) is 17.0. The predicted molar refractivity (Wildman–Crippen MR) is 86.9 cm³/mol. The zero-order valence-corrected chi connectivity index (χ0v) is 14.7. The summed E-state index contributed by atoms with van der Waals surface area (Å²) in [6.07, 6.45) is 0. The van der Waals surface area contributed by atoms with Gasteiger partial charge in [-0.25, -0.2) is 13.2 Å². The van der Waals surface area contributed by atoms with Gasteiger partial charge < -0.3 is 5.32 Å². The first kappa shape index (κ1) is 17.9. The lowest BCUT2D eigenvalue weighted by Crippen LogP contribution is -2.51. The minimum Gasteiger partial charge on any atom is -0.341 e. The molecule has 128 valence electrons. The Bertz CT molecular complexity index is 678. The van der Waals surface area contributed by atoms with Gasteiger partial charge in [0.15, 0.2) is 0 Å². The minimum atomic E-state index is -3.46. The van der Waals surface area contributed by atoms with E-state index >= 15 is 0 Å². The first-order valence-corrected chi connectivity index (χ1v) is 9.39. The minimum absolute atomic E-state index is 0.0689. The van der Waals surface area contributed by atoms with Gasteiger partial charge in [0.1, 0.15) is 4.21 Å². The number of hydrogen-bond acceptors (Lipinski definition) is 6. The van der Waals surface area contributed by atoms with Crippen LogP contribution >= 0.6 is 11.3 Å². The number of nitrogens with zero attached hydrogens (tertiary/aromatic N) is 2. The normalized spacial score (nSPS) is 17.0. The topological polar surface area (TPSA) is 98.8 Å². The van der Waals surface area contributed by atoms with E-state index in [0.717, 1.165) is 4.88 Å². The summed E-state index contributed by atoms with van der Waals surface area (Å²) in [5.74, 6) is -0.408. The Labute approximate surface area is 139 Å². The Morgan fingerprint density at radius 3 is 2.39 bits per heavy atom. The van der Waals surface area contributed by atoms with E-state index in [0.29, 0.717) is 30.4 Å². The molecule has 2 rings (SSSR count). The van der Waals surface area contributed by atoms with Crippen LogP contribution in [0, 0.1) is 6.92 Å². The van der Waals surface area contributed by atoms with Crippen LogP contribution in [0.4, 0.5) is 4.79 Å². The Morgan fingerprint density at radius 2 is 1.87 bits per heavy atom. The number of urea groups is 1. The van der Waals surface area contributed by atoms with Crippen molar-refractivity contribution in [2.75, 3.05) is 39.8 Å². The third-order valence-electron chi connectivity index (χ3n) is 3.49. The largest absolute Gasteiger partial charge is 0.341 e. The van der Waals surface area contributed by atoms with E-state index in [4.69, 9.17) is 0 Å². The summed E-state index contributed by atoms with van der Waals surface area (Å²) in [5.41, 5.74) is 0. The van der Waals surface area contributed by atoms with Crippen molar-refractivity contribution in [2.24, 2.45) is 0 Å². The van der Waals surface area contributed by atoms with Crippen LogP contribution in [0.1, 0.15) is 4.88 Å². The number of piperazine rings is 1. The maximum absolute atomic E-state index is 12.5. The molecule has 1 aromatic heterocycles. The van der Waals surface area contributed by atoms with E-state index in [1.807, 2.05) is 11.8 Å². The fourth-order valence-corrected chi connectivity index (χ4v) is 5.10. The molecule has 0 radical (unpaired) electrons. The van der Waals surface area contributed by atoms with Crippen LogP contribution in [-0.2, 0) is 14.8 Å². The van der Waals surface area contributed by atoms with E-state index in [2.05, 4.69) is 10.6 Å². The summed E-state index contributed by atoms with van der Waals surface area (Å²) >= 11 is 1.26. The summed E-state index contributed by atoms with van der Waals surface area (Å²) in [6.45, 7) is 3.49. The molecule has 2 heterocycles. The Morgan fingerprint density at radius 1 is 1.22 bits per heavy atom. The number of carbonyl (C=O) groups excluding carboxylic acids is 2. The Kier molecular flexibility index (Phi) is 5.74. The van der Waals surface area contributed by atoms with Crippen molar-refractivity contribution >= 4 is 33.3 Å². The zero-order valence-electron chi connectivity index (χ0n) is 13.0. The molecule has 0 saturated carbocycles. The first-order valence-electron chi connectivity index (χ1n) is 7.13. The van der Waals surface area contributed by atoms with Crippen LogP contribution in [0.2, 0.25) is 0 Å². The smallest absolute Gasteiger partial charge is 0.321 e. The second-order valence-electron chi connectivity index (χ2n) is 5.17. The maximum atomic E-state index is 12.5. The quantitative estimate of drug-likeness (QED) is 0.776. The number of sulfonamides is 1. The highest BCUT2D eigenvalue weighted by Crippen LogP contribution is 2.24. The molecule has 3 amide bonds. The van der Waals surface area contributed by atoms with E-state index in [9.17, 15) is 18.0 Å². The molecule has 1 saturated heterocycles. The lowest BCUT2D eigenvalue weighted by Gasteiger charge is -2.33. The second kappa shape index (κ2) is 7.39. The molecule has 0 unspecified atom stereocenters. The molecule has 0 atom stereocenters. The molecule has 10 heteroatoms. The van der Waals surface area contributed by atoms with Crippen molar-refractivity contribution < 1.29 is 18.0 Å². The van der Waals surface area contributed by atoms with Crippen LogP contribution in [0.15, 0.2) is 16.3 Å². The average Bonchev–Trinajstić information content (AvgIpc) is 2.95. The van der Waals surface area contributed by atoms with Gasteiger partial charge in [-0.1, -0.05) is 0 Å². The van der Waals surface area contributed by atoms with Gasteiger partial charge in [0.2, 0.25) is 5.91 Å². The molecule has 0 bridgehead atoms. The first-order chi connectivity index (χ1) is 10.8. The summed E-state index contributed by atoms with van der Waals surface area (Å²) < 4.78 is 26.8. The van der Waals surface area contributed by atoms with Crippen molar-refractivity contribution in [3.63, 3.8) is 0 Å².